The first-order valence-electron chi connectivity index (χ1n) is 6.51. The Hall–Kier alpha value is -0.0400. The van der Waals surface area contributed by atoms with Gasteiger partial charge in [0.1, 0.15) is 0 Å². The molecule has 2 N–H and O–H groups in total. The number of rotatable bonds is 4. The summed E-state index contributed by atoms with van der Waals surface area (Å²) in [6, 6.07) is 4.76. The molecule has 2 atom stereocenters. The van der Waals surface area contributed by atoms with E-state index in [9.17, 15) is 8.42 Å². The maximum absolute atomic E-state index is 12.2. The average molecular weight is 374 g/mol. The number of piperidine rings is 1. The van der Waals surface area contributed by atoms with Gasteiger partial charge in [0.25, 0.3) is 0 Å². The Labute approximate surface area is 142 Å². The number of nitrogens with one attached hydrogen (secondary N) is 2. The molecule has 2 unspecified atom stereocenters. The van der Waals surface area contributed by atoms with E-state index < -0.39 is 10.0 Å². The van der Waals surface area contributed by atoms with Crippen LogP contribution in [0.1, 0.15) is 18.9 Å². The summed E-state index contributed by atoms with van der Waals surface area (Å²) in [4.78, 5) is 0. The molecular formula is C13H19Cl3N2O2S. The quantitative estimate of drug-likeness (QED) is 0.853. The van der Waals surface area contributed by atoms with Gasteiger partial charge in [0.15, 0.2) is 0 Å². The van der Waals surface area contributed by atoms with Gasteiger partial charge in [-0.25, -0.2) is 13.1 Å². The molecule has 0 aliphatic carbocycles. The molecule has 1 heterocycles. The fourth-order valence-electron chi connectivity index (χ4n) is 2.33. The minimum absolute atomic E-state index is 0. The zero-order chi connectivity index (χ0) is 14.8. The summed E-state index contributed by atoms with van der Waals surface area (Å²) in [5, 5.41) is 4.08. The number of hydrogen-bond acceptors (Lipinski definition) is 3. The predicted molar refractivity (Wildman–Crippen MR) is 89.9 cm³/mol. The van der Waals surface area contributed by atoms with E-state index >= 15 is 0 Å². The van der Waals surface area contributed by atoms with Crippen LogP contribution in [0.25, 0.3) is 0 Å². The molecule has 0 saturated carbocycles. The molecule has 8 heteroatoms. The topological polar surface area (TPSA) is 58.2 Å². The van der Waals surface area contributed by atoms with Crippen LogP contribution in [-0.2, 0) is 15.8 Å². The lowest BCUT2D eigenvalue weighted by molar-refractivity contribution is 0.327. The number of benzene rings is 1. The third-order valence-corrected chi connectivity index (χ3v) is 5.25. The smallest absolute Gasteiger partial charge is 0.216 e. The van der Waals surface area contributed by atoms with Crippen molar-refractivity contribution in [2.24, 2.45) is 5.92 Å². The number of hydrogen-bond donors (Lipinski definition) is 2. The minimum Gasteiger partial charge on any atom is -0.315 e. The van der Waals surface area contributed by atoms with Gasteiger partial charge in [-0.3, -0.25) is 0 Å². The van der Waals surface area contributed by atoms with Crippen molar-refractivity contribution >= 4 is 45.6 Å². The first-order valence-corrected chi connectivity index (χ1v) is 8.92. The van der Waals surface area contributed by atoms with E-state index in [0.717, 1.165) is 13.0 Å². The SMILES string of the molecule is CC1CCNCC1NS(=O)(=O)Cc1cc(Cl)cc(Cl)c1.Cl. The van der Waals surface area contributed by atoms with Crippen molar-refractivity contribution in [2.45, 2.75) is 25.1 Å². The molecule has 1 saturated heterocycles. The Morgan fingerprint density at radius 1 is 1.29 bits per heavy atom. The average Bonchev–Trinajstić information content (AvgIpc) is 2.29. The van der Waals surface area contributed by atoms with Crippen molar-refractivity contribution in [2.75, 3.05) is 13.1 Å². The van der Waals surface area contributed by atoms with Crippen LogP contribution in [-0.4, -0.2) is 27.5 Å². The van der Waals surface area contributed by atoms with Crippen LogP contribution < -0.4 is 10.0 Å². The zero-order valence-electron chi connectivity index (χ0n) is 11.6. The van der Waals surface area contributed by atoms with Crippen molar-refractivity contribution in [3.63, 3.8) is 0 Å². The highest BCUT2D eigenvalue weighted by Gasteiger charge is 2.25. The second-order valence-electron chi connectivity index (χ2n) is 5.23. The van der Waals surface area contributed by atoms with Crippen molar-refractivity contribution in [3.05, 3.63) is 33.8 Å². The van der Waals surface area contributed by atoms with Gasteiger partial charge in [-0.2, -0.15) is 0 Å². The van der Waals surface area contributed by atoms with Crippen molar-refractivity contribution < 1.29 is 8.42 Å². The third-order valence-electron chi connectivity index (χ3n) is 3.44. The molecule has 0 amide bonds. The van der Waals surface area contributed by atoms with Crippen LogP contribution in [0.2, 0.25) is 10.0 Å². The fourth-order valence-corrected chi connectivity index (χ4v) is 4.37. The summed E-state index contributed by atoms with van der Waals surface area (Å²) in [6.07, 6.45) is 0.968. The summed E-state index contributed by atoms with van der Waals surface area (Å²) in [7, 11) is -3.41. The lowest BCUT2D eigenvalue weighted by Gasteiger charge is -2.30. The Morgan fingerprint density at radius 2 is 1.90 bits per heavy atom. The summed E-state index contributed by atoms with van der Waals surface area (Å²) in [6.45, 7) is 3.66. The first kappa shape index (κ1) is 19.0. The third kappa shape index (κ3) is 5.93. The molecule has 0 radical (unpaired) electrons. The minimum atomic E-state index is -3.41. The molecule has 2 rings (SSSR count). The predicted octanol–water partition coefficient (Wildman–Crippen LogP) is 2.83. The highest BCUT2D eigenvalue weighted by atomic mass is 35.5. The van der Waals surface area contributed by atoms with E-state index in [1.54, 1.807) is 18.2 Å². The van der Waals surface area contributed by atoms with Gasteiger partial charge in [-0.15, -0.1) is 12.4 Å². The van der Waals surface area contributed by atoms with Gasteiger partial charge in [0.05, 0.1) is 5.75 Å². The molecule has 21 heavy (non-hydrogen) atoms. The second-order valence-corrected chi connectivity index (χ2v) is 7.86. The summed E-state index contributed by atoms with van der Waals surface area (Å²) in [5.74, 6) is 0.213. The largest absolute Gasteiger partial charge is 0.315 e. The maximum atomic E-state index is 12.2. The molecule has 1 aromatic carbocycles. The summed E-state index contributed by atoms with van der Waals surface area (Å²) >= 11 is 11.8. The van der Waals surface area contributed by atoms with Crippen LogP contribution >= 0.6 is 35.6 Å². The van der Waals surface area contributed by atoms with Crippen LogP contribution in [0.5, 0.6) is 0 Å². The van der Waals surface area contributed by atoms with E-state index in [4.69, 9.17) is 23.2 Å². The molecule has 1 aliphatic heterocycles. The Morgan fingerprint density at radius 3 is 2.48 bits per heavy atom. The Kier molecular flexibility index (Phi) is 7.24. The van der Waals surface area contributed by atoms with Gasteiger partial charge in [0.2, 0.25) is 10.0 Å². The monoisotopic (exact) mass is 372 g/mol. The van der Waals surface area contributed by atoms with E-state index in [0.29, 0.717) is 28.1 Å². The maximum Gasteiger partial charge on any atom is 0.216 e. The zero-order valence-corrected chi connectivity index (χ0v) is 14.7. The molecular weight excluding hydrogens is 355 g/mol. The van der Waals surface area contributed by atoms with E-state index in [1.807, 2.05) is 0 Å². The highest BCUT2D eigenvalue weighted by Crippen LogP contribution is 2.21. The molecule has 1 aromatic rings. The molecule has 0 aromatic heterocycles. The van der Waals surface area contributed by atoms with E-state index in [2.05, 4.69) is 17.0 Å². The van der Waals surface area contributed by atoms with Crippen LogP contribution in [0, 0.1) is 5.92 Å². The normalized spacial score (nSPS) is 22.6. The lowest BCUT2D eigenvalue weighted by atomic mass is 9.96. The number of sulfonamides is 1. The lowest BCUT2D eigenvalue weighted by Crippen LogP contribution is -2.50. The molecule has 1 fully saturated rings. The van der Waals surface area contributed by atoms with Gasteiger partial charge in [-0.1, -0.05) is 30.1 Å². The molecule has 0 spiro atoms. The van der Waals surface area contributed by atoms with Crippen LogP contribution in [0.15, 0.2) is 18.2 Å². The molecule has 4 nitrogen and oxygen atoms in total. The fraction of sp³-hybridized carbons (Fsp3) is 0.538. The van der Waals surface area contributed by atoms with E-state index in [1.165, 1.54) is 0 Å². The molecule has 1 aliphatic rings. The summed E-state index contributed by atoms with van der Waals surface area (Å²) < 4.78 is 27.2. The first-order chi connectivity index (χ1) is 9.35. The van der Waals surface area contributed by atoms with Crippen molar-refractivity contribution in [3.8, 4) is 0 Å². The Balaban J connectivity index is 0.00000220. The molecule has 0 bridgehead atoms. The standard InChI is InChI=1S/C13H18Cl2N2O2S.ClH/c1-9-2-3-16-7-13(9)17-20(18,19)8-10-4-11(14)6-12(15)5-10;/h4-6,9,13,16-17H,2-3,7-8H2,1H3;1H. The molecule has 120 valence electrons. The summed E-state index contributed by atoms with van der Waals surface area (Å²) in [5.41, 5.74) is 0.589. The van der Waals surface area contributed by atoms with Crippen molar-refractivity contribution in [1.82, 2.24) is 10.0 Å². The van der Waals surface area contributed by atoms with Crippen molar-refractivity contribution in [1.29, 1.82) is 0 Å². The van der Waals surface area contributed by atoms with Gasteiger partial charge < -0.3 is 5.32 Å². The van der Waals surface area contributed by atoms with Crippen LogP contribution in [0.4, 0.5) is 0 Å². The number of halogens is 3. The van der Waals surface area contributed by atoms with Gasteiger partial charge >= 0.3 is 0 Å². The second kappa shape index (κ2) is 7.99. The highest BCUT2D eigenvalue weighted by molar-refractivity contribution is 7.88. The van der Waals surface area contributed by atoms with Crippen LogP contribution in [0.3, 0.4) is 0 Å². The van der Waals surface area contributed by atoms with Gasteiger partial charge in [-0.05, 0) is 42.6 Å². The van der Waals surface area contributed by atoms with E-state index in [-0.39, 0.29) is 24.2 Å². The van der Waals surface area contributed by atoms with Gasteiger partial charge in [0, 0.05) is 22.6 Å². The Bertz CT molecular complexity index is 561.